The lowest BCUT2D eigenvalue weighted by molar-refractivity contribution is 1.17. The topological polar surface area (TPSA) is 51.6 Å². The summed E-state index contributed by atoms with van der Waals surface area (Å²) in [4.78, 5) is 18.5. The van der Waals surface area contributed by atoms with E-state index in [2.05, 4.69) is 107 Å². The van der Waals surface area contributed by atoms with Gasteiger partial charge in [-0.3, -0.25) is 0 Å². The average Bonchev–Trinajstić information content (AvgIpc) is 3.37. The minimum atomic E-state index is 0.708. The molecule has 1 aliphatic rings. The molecule has 2 aromatic heterocycles. The molecule has 0 atom stereocenters. The third-order valence-electron chi connectivity index (χ3n) is 7.66. The molecule has 1 aliphatic carbocycles. The van der Waals surface area contributed by atoms with Crippen molar-refractivity contribution < 1.29 is 0 Å². The Morgan fingerprint density at radius 2 is 1.02 bits per heavy atom. The van der Waals surface area contributed by atoms with Crippen LogP contribution in [0.3, 0.4) is 0 Å². The summed E-state index contributed by atoms with van der Waals surface area (Å²) >= 11 is 0. The lowest BCUT2D eigenvalue weighted by Gasteiger charge is -2.13. The second-order valence-electron chi connectivity index (χ2n) is 9.97. The maximum atomic E-state index is 5.12. The Labute approximate surface area is 231 Å². The molecule has 0 aliphatic heterocycles. The molecule has 186 valence electrons. The molecule has 0 spiro atoms. The van der Waals surface area contributed by atoms with E-state index in [1.807, 2.05) is 30.6 Å². The van der Waals surface area contributed by atoms with E-state index in [9.17, 15) is 0 Å². The highest BCUT2D eigenvalue weighted by molar-refractivity contribution is 6.18. The third-order valence-corrected chi connectivity index (χ3v) is 7.66. The second-order valence-corrected chi connectivity index (χ2v) is 9.97. The van der Waals surface area contributed by atoms with Crippen molar-refractivity contribution in [3.05, 3.63) is 134 Å². The van der Waals surface area contributed by atoms with Crippen LogP contribution in [0.4, 0.5) is 0 Å². The first-order chi connectivity index (χ1) is 19.8. The van der Waals surface area contributed by atoms with Gasteiger partial charge < -0.3 is 0 Å². The maximum absolute atomic E-state index is 5.12. The van der Waals surface area contributed by atoms with Crippen molar-refractivity contribution in [3.8, 4) is 67.3 Å². The first-order valence-corrected chi connectivity index (χ1v) is 13.3. The van der Waals surface area contributed by atoms with Crippen LogP contribution in [-0.2, 0) is 0 Å². The predicted octanol–water partition coefficient (Wildman–Crippen LogP) is 8.74. The molecule has 2 heterocycles. The van der Waals surface area contributed by atoms with Gasteiger partial charge in [0.05, 0.1) is 11.4 Å². The SMILES string of the molecule is c1ccc(-c2nc(-c3ccc(-c4cncnc4)cc3)cc(-c3ccc4c5c(cccc35)-c3ccccc3-4)n2)cc1. The van der Waals surface area contributed by atoms with E-state index in [1.54, 1.807) is 6.33 Å². The van der Waals surface area contributed by atoms with Crippen LogP contribution in [-0.4, -0.2) is 19.9 Å². The molecular weight excluding hydrogens is 488 g/mol. The fourth-order valence-corrected chi connectivity index (χ4v) is 5.76. The summed E-state index contributed by atoms with van der Waals surface area (Å²) in [6.45, 7) is 0. The van der Waals surface area contributed by atoms with Gasteiger partial charge in [-0.2, -0.15) is 0 Å². The smallest absolute Gasteiger partial charge is 0.160 e. The first kappa shape index (κ1) is 22.5. The summed E-state index contributed by atoms with van der Waals surface area (Å²) < 4.78 is 0. The Morgan fingerprint density at radius 3 is 1.80 bits per heavy atom. The zero-order chi connectivity index (χ0) is 26.5. The highest BCUT2D eigenvalue weighted by atomic mass is 14.9. The molecule has 8 rings (SSSR count). The van der Waals surface area contributed by atoms with E-state index >= 15 is 0 Å². The van der Waals surface area contributed by atoms with Gasteiger partial charge in [-0.05, 0) is 44.7 Å². The van der Waals surface area contributed by atoms with Crippen LogP contribution in [0.15, 0.2) is 134 Å². The van der Waals surface area contributed by atoms with E-state index in [4.69, 9.17) is 9.97 Å². The molecule has 0 saturated heterocycles. The largest absolute Gasteiger partial charge is 0.244 e. The van der Waals surface area contributed by atoms with Crippen LogP contribution < -0.4 is 0 Å². The second kappa shape index (κ2) is 9.07. The van der Waals surface area contributed by atoms with Crippen molar-refractivity contribution in [1.29, 1.82) is 0 Å². The summed E-state index contributed by atoms with van der Waals surface area (Å²) in [5.41, 5.74) is 12.1. The molecule has 7 aromatic rings. The Hall–Kier alpha value is -5.48. The van der Waals surface area contributed by atoms with Crippen molar-refractivity contribution >= 4 is 10.8 Å². The molecule has 0 N–H and O–H groups in total. The van der Waals surface area contributed by atoms with Gasteiger partial charge in [-0.1, -0.05) is 109 Å². The number of aromatic nitrogens is 4. The van der Waals surface area contributed by atoms with Crippen LogP contribution in [0, 0.1) is 0 Å². The lowest BCUT2D eigenvalue weighted by atomic mass is 9.96. The van der Waals surface area contributed by atoms with E-state index in [1.165, 1.54) is 33.0 Å². The normalized spacial score (nSPS) is 11.5. The number of hydrogen-bond acceptors (Lipinski definition) is 4. The fourth-order valence-electron chi connectivity index (χ4n) is 5.76. The van der Waals surface area contributed by atoms with Crippen LogP contribution >= 0.6 is 0 Å². The monoisotopic (exact) mass is 510 g/mol. The van der Waals surface area contributed by atoms with E-state index < -0.39 is 0 Å². The van der Waals surface area contributed by atoms with Crippen LogP contribution in [0.25, 0.3) is 78.1 Å². The minimum Gasteiger partial charge on any atom is -0.244 e. The summed E-state index contributed by atoms with van der Waals surface area (Å²) in [5, 5.41) is 2.49. The zero-order valence-electron chi connectivity index (χ0n) is 21.5. The Balaban J connectivity index is 1.32. The van der Waals surface area contributed by atoms with Crippen LogP contribution in [0.1, 0.15) is 0 Å². The van der Waals surface area contributed by atoms with Crippen LogP contribution in [0.2, 0.25) is 0 Å². The summed E-state index contributed by atoms with van der Waals surface area (Å²) in [6.07, 6.45) is 5.20. The van der Waals surface area contributed by atoms with Crippen molar-refractivity contribution in [1.82, 2.24) is 19.9 Å². The number of hydrogen-bond donors (Lipinski definition) is 0. The van der Waals surface area contributed by atoms with Crippen molar-refractivity contribution in [2.24, 2.45) is 0 Å². The zero-order valence-corrected chi connectivity index (χ0v) is 21.5. The molecule has 0 saturated carbocycles. The summed E-state index contributed by atoms with van der Waals surface area (Å²) in [7, 11) is 0. The van der Waals surface area contributed by atoms with Crippen LogP contribution in [0.5, 0.6) is 0 Å². The van der Waals surface area contributed by atoms with Gasteiger partial charge in [0.1, 0.15) is 6.33 Å². The van der Waals surface area contributed by atoms with Gasteiger partial charge in [0.15, 0.2) is 5.82 Å². The number of fused-ring (bicyclic) bond motifs is 3. The third kappa shape index (κ3) is 3.62. The Morgan fingerprint density at radius 1 is 0.400 bits per heavy atom. The maximum Gasteiger partial charge on any atom is 0.160 e. The molecular formula is C36H22N4. The van der Waals surface area contributed by atoms with E-state index in [0.29, 0.717) is 5.82 Å². The van der Waals surface area contributed by atoms with E-state index in [-0.39, 0.29) is 0 Å². The molecule has 0 unspecified atom stereocenters. The molecule has 4 heteroatoms. The number of rotatable bonds is 4. The average molecular weight is 511 g/mol. The standard InChI is InChI=1S/C36H22N4/c1-2-7-25(8-3-1)36-39-33(24-15-13-23(14-16-24)26-20-37-22-38-21-26)19-34(40-36)29-17-18-32-28-10-5-4-9-27(28)30-11-6-12-31(29)35(30)32/h1-22H. The van der Waals surface area contributed by atoms with Gasteiger partial charge >= 0.3 is 0 Å². The Kier molecular flexibility index (Phi) is 5.10. The molecule has 4 nitrogen and oxygen atoms in total. The molecule has 0 bridgehead atoms. The lowest BCUT2D eigenvalue weighted by Crippen LogP contribution is -1.96. The molecule has 40 heavy (non-hydrogen) atoms. The van der Waals surface area contributed by atoms with Crippen molar-refractivity contribution in [2.75, 3.05) is 0 Å². The van der Waals surface area contributed by atoms with Gasteiger partial charge in [-0.25, -0.2) is 19.9 Å². The Bertz CT molecular complexity index is 2000. The highest BCUT2D eigenvalue weighted by Crippen LogP contribution is 2.49. The van der Waals surface area contributed by atoms with Gasteiger partial charge in [0.2, 0.25) is 0 Å². The molecule has 0 amide bonds. The minimum absolute atomic E-state index is 0.708. The number of benzene rings is 5. The molecule has 0 radical (unpaired) electrons. The predicted molar refractivity (Wildman–Crippen MR) is 161 cm³/mol. The van der Waals surface area contributed by atoms with Gasteiger partial charge in [0, 0.05) is 34.6 Å². The van der Waals surface area contributed by atoms with Crippen molar-refractivity contribution in [3.63, 3.8) is 0 Å². The highest BCUT2D eigenvalue weighted by Gasteiger charge is 2.23. The van der Waals surface area contributed by atoms with E-state index in [0.717, 1.165) is 39.2 Å². The summed E-state index contributed by atoms with van der Waals surface area (Å²) in [6, 6.07) is 40.4. The number of nitrogens with zero attached hydrogens (tertiary/aromatic N) is 4. The molecule has 5 aromatic carbocycles. The van der Waals surface area contributed by atoms with Gasteiger partial charge in [-0.15, -0.1) is 0 Å². The van der Waals surface area contributed by atoms with Gasteiger partial charge in [0.25, 0.3) is 0 Å². The molecule has 0 fully saturated rings. The summed E-state index contributed by atoms with van der Waals surface area (Å²) in [5.74, 6) is 0.708. The first-order valence-electron chi connectivity index (χ1n) is 13.3. The quantitative estimate of drug-likeness (QED) is 0.237. The fraction of sp³-hybridized carbons (Fsp3) is 0. The van der Waals surface area contributed by atoms with Crippen molar-refractivity contribution in [2.45, 2.75) is 0 Å².